The second-order valence-electron chi connectivity index (χ2n) is 8.67. The van der Waals surface area contributed by atoms with E-state index in [2.05, 4.69) is 28.9 Å². The maximum atomic E-state index is 10.4. The van der Waals surface area contributed by atoms with Gasteiger partial charge in [-0.05, 0) is 24.8 Å². The second-order valence-corrected chi connectivity index (χ2v) is 8.67. The molecule has 4 N–H and O–H groups in total. The number of allylic oxidation sites excluding steroid dienone is 1. The monoisotopic (exact) mass is 515 g/mol. The molecule has 11 nitrogen and oxygen atoms in total. The van der Waals surface area contributed by atoms with Gasteiger partial charge < -0.3 is 39.4 Å². The van der Waals surface area contributed by atoms with Crippen LogP contribution in [-0.2, 0) is 32.1 Å². The molecule has 1 rings (SSSR count). The van der Waals surface area contributed by atoms with E-state index in [9.17, 15) is 20.4 Å². The summed E-state index contributed by atoms with van der Waals surface area (Å²) in [5.74, 6) is 0.697. The summed E-state index contributed by atoms with van der Waals surface area (Å²) >= 11 is 0. The molecule has 1 aromatic rings. The van der Waals surface area contributed by atoms with Crippen LogP contribution in [0.1, 0.15) is 45.7 Å². The Hall–Kier alpha value is -1.70. The highest BCUT2D eigenvalue weighted by atomic mass is 16.6. The summed E-state index contributed by atoms with van der Waals surface area (Å²) in [7, 11) is 1.24. The van der Waals surface area contributed by atoms with Crippen LogP contribution in [0.4, 0.5) is 0 Å². The topological polar surface area (TPSA) is 149 Å². The minimum atomic E-state index is -1.42. The normalized spacial score (nSPS) is 16.8. The van der Waals surface area contributed by atoms with Crippen molar-refractivity contribution in [2.45, 2.75) is 77.8 Å². The van der Waals surface area contributed by atoms with Crippen molar-refractivity contribution in [3.63, 3.8) is 0 Å². The van der Waals surface area contributed by atoms with E-state index in [1.165, 1.54) is 30.7 Å². The first kappa shape index (κ1) is 32.3. The summed E-state index contributed by atoms with van der Waals surface area (Å²) in [5, 5.41) is 47.8. The van der Waals surface area contributed by atoms with Crippen LogP contribution in [0.3, 0.4) is 0 Å². The molecule has 0 radical (unpaired) electrons. The molecule has 0 fully saturated rings. The lowest BCUT2D eigenvalue weighted by molar-refractivity contribution is -0.128. The predicted molar refractivity (Wildman–Crippen MR) is 134 cm³/mol. The zero-order valence-electron chi connectivity index (χ0n) is 22.0. The first-order valence-corrected chi connectivity index (χ1v) is 12.5. The molecule has 1 heterocycles. The number of hydrogen-bond donors (Lipinski definition) is 4. The number of methoxy groups -OCH3 is 1. The van der Waals surface area contributed by atoms with E-state index in [-0.39, 0.29) is 13.2 Å². The van der Waals surface area contributed by atoms with Crippen molar-refractivity contribution in [2.75, 3.05) is 40.1 Å². The first-order valence-electron chi connectivity index (χ1n) is 12.5. The summed E-state index contributed by atoms with van der Waals surface area (Å²) in [5.41, 5.74) is 1.13. The molecule has 1 aromatic heterocycles. The SMILES string of the molecule is C/C=C(/Cn1cc(COCCOCCOCCC(C)CCC)nn1)[C@@H](O)[C@H](O)C=C[C@@H](O)[C@H](O)OC. The fourth-order valence-electron chi connectivity index (χ4n) is 3.35. The van der Waals surface area contributed by atoms with Gasteiger partial charge in [0.15, 0.2) is 6.29 Å². The number of aliphatic hydroxyl groups excluding tert-OH is 4. The van der Waals surface area contributed by atoms with Gasteiger partial charge in [0, 0.05) is 13.7 Å². The summed E-state index contributed by atoms with van der Waals surface area (Å²) in [6.07, 6.45) is 3.97. The highest BCUT2D eigenvalue weighted by Gasteiger charge is 2.20. The smallest absolute Gasteiger partial charge is 0.184 e. The summed E-state index contributed by atoms with van der Waals surface area (Å²) < 4.78 is 22.8. The van der Waals surface area contributed by atoms with Gasteiger partial charge in [-0.2, -0.15) is 0 Å². The van der Waals surface area contributed by atoms with Gasteiger partial charge in [-0.3, -0.25) is 0 Å². The van der Waals surface area contributed by atoms with Gasteiger partial charge in [-0.25, -0.2) is 4.68 Å². The molecule has 0 amide bonds. The van der Waals surface area contributed by atoms with Crippen molar-refractivity contribution in [2.24, 2.45) is 5.92 Å². The third kappa shape index (κ3) is 13.6. The lowest BCUT2D eigenvalue weighted by atomic mass is 10.0. The minimum Gasteiger partial charge on any atom is -0.386 e. The minimum absolute atomic E-state index is 0.207. The van der Waals surface area contributed by atoms with Crippen molar-refractivity contribution >= 4 is 0 Å². The van der Waals surface area contributed by atoms with Crippen LogP contribution >= 0.6 is 0 Å². The number of rotatable bonds is 21. The molecule has 36 heavy (non-hydrogen) atoms. The molecule has 11 heteroatoms. The van der Waals surface area contributed by atoms with E-state index in [0.717, 1.165) is 19.1 Å². The van der Waals surface area contributed by atoms with Crippen LogP contribution < -0.4 is 0 Å². The lowest BCUT2D eigenvalue weighted by Crippen LogP contribution is -2.30. The van der Waals surface area contributed by atoms with Gasteiger partial charge in [0.2, 0.25) is 0 Å². The summed E-state index contributed by atoms with van der Waals surface area (Å²) in [4.78, 5) is 0. The average Bonchev–Trinajstić information content (AvgIpc) is 3.33. The molecule has 0 bridgehead atoms. The van der Waals surface area contributed by atoms with E-state index < -0.39 is 24.6 Å². The Morgan fingerprint density at radius 1 is 0.972 bits per heavy atom. The molecule has 0 aliphatic rings. The molecule has 0 aromatic carbocycles. The predicted octanol–water partition coefficient (Wildman–Crippen LogP) is 1.20. The Morgan fingerprint density at radius 3 is 2.25 bits per heavy atom. The van der Waals surface area contributed by atoms with E-state index >= 15 is 0 Å². The van der Waals surface area contributed by atoms with Gasteiger partial charge in [0.05, 0.1) is 45.8 Å². The first-order chi connectivity index (χ1) is 17.3. The van der Waals surface area contributed by atoms with Crippen LogP contribution in [0.5, 0.6) is 0 Å². The molecule has 1 unspecified atom stereocenters. The molecule has 0 saturated carbocycles. The zero-order chi connectivity index (χ0) is 26.8. The van der Waals surface area contributed by atoms with Gasteiger partial charge in [-0.15, -0.1) is 5.10 Å². The average molecular weight is 516 g/mol. The molecule has 0 spiro atoms. The van der Waals surface area contributed by atoms with Gasteiger partial charge >= 0.3 is 0 Å². The maximum absolute atomic E-state index is 10.4. The third-order valence-corrected chi connectivity index (χ3v) is 5.57. The molecule has 208 valence electrons. The largest absolute Gasteiger partial charge is 0.386 e. The number of hydrogen-bond acceptors (Lipinski definition) is 10. The third-order valence-electron chi connectivity index (χ3n) is 5.57. The molecule has 0 aliphatic heterocycles. The van der Waals surface area contributed by atoms with Crippen LogP contribution in [-0.4, -0.2) is 100 Å². The van der Waals surface area contributed by atoms with Crippen molar-refractivity contribution < 1.29 is 39.4 Å². The highest BCUT2D eigenvalue weighted by Crippen LogP contribution is 2.12. The number of ether oxygens (including phenoxy) is 4. The Morgan fingerprint density at radius 2 is 1.61 bits per heavy atom. The van der Waals surface area contributed by atoms with E-state index in [1.54, 1.807) is 19.2 Å². The Balaban J connectivity index is 2.27. The van der Waals surface area contributed by atoms with E-state index in [1.807, 2.05) is 0 Å². The Kier molecular flexibility index (Phi) is 17.4. The van der Waals surface area contributed by atoms with E-state index in [0.29, 0.717) is 43.6 Å². The van der Waals surface area contributed by atoms with Crippen LogP contribution in [0, 0.1) is 5.92 Å². The van der Waals surface area contributed by atoms with Crippen molar-refractivity contribution in [3.05, 3.63) is 35.7 Å². The Labute approximate surface area is 214 Å². The maximum Gasteiger partial charge on any atom is 0.184 e. The van der Waals surface area contributed by atoms with Gasteiger partial charge in [0.25, 0.3) is 0 Å². The van der Waals surface area contributed by atoms with Crippen LogP contribution in [0.25, 0.3) is 0 Å². The van der Waals surface area contributed by atoms with Crippen LogP contribution in [0.2, 0.25) is 0 Å². The highest BCUT2D eigenvalue weighted by molar-refractivity contribution is 5.13. The van der Waals surface area contributed by atoms with Crippen LogP contribution in [0.15, 0.2) is 30.0 Å². The molecule has 0 saturated heterocycles. The van der Waals surface area contributed by atoms with Crippen molar-refractivity contribution in [1.82, 2.24) is 15.0 Å². The second kappa shape index (κ2) is 19.4. The fourth-order valence-corrected chi connectivity index (χ4v) is 3.35. The standard InChI is InChI=1S/C25H45N3O8/c1-5-7-19(3)10-11-34-12-13-35-14-15-36-18-21-17-28(27-26-21)16-20(6-2)24(31)22(29)8-9-23(30)25(32)33-4/h6,8-9,17,19,22-25,29-32H,5,7,10-16,18H2,1-4H3/b9-8?,20-6-/t19?,22-,23-,24-,25-/m1/s1. The molecule has 5 atom stereocenters. The summed E-state index contributed by atoms with van der Waals surface area (Å²) in [6.45, 7) is 9.40. The molecular weight excluding hydrogens is 470 g/mol. The fraction of sp³-hybridized carbons (Fsp3) is 0.760. The number of aliphatic hydroxyl groups is 4. The molecular formula is C25H45N3O8. The number of aromatic nitrogens is 3. The Bertz CT molecular complexity index is 743. The number of nitrogens with zero attached hydrogens (tertiary/aromatic N) is 3. The zero-order valence-corrected chi connectivity index (χ0v) is 22.0. The van der Waals surface area contributed by atoms with Crippen molar-refractivity contribution in [1.29, 1.82) is 0 Å². The van der Waals surface area contributed by atoms with Gasteiger partial charge in [0.1, 0.15) is 24.0 Å². The lowest BCUT2D eigenvalue weighted by Gasteiger charge is -2.19. The molecule has 0 aliphatic carbocycles. The quantitative estimate of drug-likeness (QED) is 0.107. The summed E-state index contributed by atoms with van der Waals surface area (Å²) in [6, 6.07) is 0. The van der Waals surface area contributed by atoms with Crippen molar-refractivity contribution in [3.8, 4) is 0 Å². The van der Waals surface area contributed by atoms with E-state index in [4.69, 9.17) is 14.2 Å². The van der Waals surface area contributed by atoms with Gasteiger partial charge in [-0.1, -0.05) is 50.1 Å².